The van der Waals surface area contributed by atoms with Gasteiger partial charge in [-0.15, -0.1) is 11.3 Å². The van der Waals surface area contributed by atoms with Crippen molar-refractivity contribution in [3.05, 3.63) is 22.4 Å². The van der Waals surface area contributed by atoms with E-state index in [9.17, 15) is 27.6 Å². The molecule has 2 fully saturated rings. The fraction of sp³-hybridized carbons (Fsp3) is 0.562. The van der Waals surface area contributed by atoms with Crippen LogP contribution in [0.1, 0.15) is 17.7 Å². The molecular weight excluding hydrogens is 371 g/mol. The molecule has 2 saturated heterocycles. The number of likely N-dealkylation sites (tertiary alicyclic amines) is 1. The van der Waals surface area contributed by atoms with Crippen LogP contribution in [0.2, 0.25) is 0 Å². The summed E-state index contributed by atoms with van der Waals surface area (Å²) in [4.78, 5) is 40.4. The Kier molecular flexibility index (Phi) is 5.22. The van der Waals surface area contributed by atoms with Gasteiger partial charge >= 0.3 is 12.2 Å². The number of hydrogen-bond donors (Lipinski definition) is 0. The molecule has 0 atom stereocenters. The summed E-state index contributed by atoms with van der Waals surface area (Å²) < 4.78 is 37.5. The van der Waals surface area contributed by atoms with Gasteiger partial charge in [0, 0.05) is 24.0 Å². The van der Waals surface area contributed by atoms with Crippen molar-refractivity contribution in [3.8, 4) is 0 Å². The van der Waals surface area contributed by atoms with Gasteiger partial charge in [-0.2, -0.15) is 13.2 Å². The van der Waals surface area contributed by atoms with E-state index in [0.717, 1.165) is 4.88 Å². The average molecular weight is 389 g/mol. The molecule has 3 heterocycles. The molecule has 2 aliphatic rings. The molecule has 1 aromatic heterocycles. The molecule has 26 heavy (non-hydrogen) atoms. The number of piperidine rings is 1. The lowest BCUT2D eigenvalue weighted by atomic mass is 10.0. The second-order valence-electron chi connectivity index (χ2n) is 6.37. The Morgan fingerprint density at radius 2 is 1.92 bits per heavy atom. The Balaban J connectivity index is 1.54. The Hall–Kier alpha value is -2.10. The lowest BCUT2D eigenvalue weighted by Crippen LogP contribution is -2.48. The van der Waals surface area contributed by atoms with E-state index in [2.05, 4.69) is 0 Å². The normalized spacial score (nSPS) is 19.6. The second kappa shape index (κ2) is 7.26. The van der Waals surface area contributed by atoms with Crippen LogP contribution in [-0.2, 0) is 16.0 Å². The number of nitrogens with zero attached hydrogens (tertiary/aromatic N) is 3. The van der Waals surface area contributed by atoms with Crippen molar-refractivity contribution in [2.75, 3.05) is 26.2 Å². The number of alkyl halides is 3. The van der Waals surface area contributed by atoms with Crippen molar-refractivity contribution in [1.29, 1.82) is 0 Å². The van der Waals surface area contributed by atoms with Crippen molar-refractivity contribution in [2.24, 2.45) is 0 Å². The predicted octanol–water partition coefficient (Wildman–Crippen LogP) is 2.11. The van der Waals surface area contributed by atoms with Crippen molar-refractivity contribution in [1.82, 2.24) is 14.7 Å². The molecule has 4 amide bonds. The van der Waals surface area contributed by atoms with E-state index in [-0.39, 0.29) is 23.4 Å². The fourth-order valence-corrected chi connectivity index (χ4v) is 3.98. The van der Waals surface area contributed by atoms with Gasteiger partial charge in [0.15, 0.2) is 0 Å². The first-order chi connectivity index (χ1) is 12.2. The SMILES string of the molecule is O=C(Cc1cccs1)N1CCC(N2CC(=O)N(CC(F)(F)F)C2=O)CC1. The predicted molar refractivity (Wildman–Crippen MR) is 87.5 cm³/mol. The van der Waals surface area contributed by atoms with E-state index in [1.807, 2.05) is 17.5 Å². The summed E-state index contributed by atoms with van der Waals surface area (Å²) >= 11 is 1.51. The van der Waals surface area contributed by atoms with E-state index in [4.69, 9.17) is 0 Å². The summed E-state index contributed by atoms with van der Waals surface area (Å²) in [6, 6.07) is 2.55. The summed E-state index contributed by atoms with van der Waals surface area (Å²) in [7, 11) is 0. The minimum atomic E-state index is -4.61. The number of urea groups is 1. The zero-order valence-corrected chi connectivity index (χ0v) is 14.7. The summed E-state index contributed by atoms with van der Waals surface area (Å²) in [6.07, 6.45) is -3.38. The lowest BCUT2D eigenvalue weighted by molar-refractivity contribution is -0.151. The smallest absolute Gasteiger partial charge is 0.342 e. The fourth-order valence-electron chi connectivity index (χ4n) is 3.28. The highest BCUT2D eigenvalue weighted by Gasteiger charge is 2.45. The molecule has 1 aromatic rings. The van der Waals surface area contributed by atoms with Gasteiger partial charge < -0.3 is 9.80 Å². The number of rotatable bonds is 4. The zero-order chi connectivity index (χ0) is 18.9. The summed E-state index contributed by atoms with van der Waals surface area (Å²) in [6.45, 7) is -1.04. The van der Waals surface area contributed by atoms with Crippen LogP contribution < -0.4 is 0 Å². The number of carbonyl (C=O) groups excluding carboxylic acids is 3. The van der Waals surface area contributed by atoms with Crippen LogP contribution in [0.25, 0.3) is 0 Å². The van der Waals surface area contributed by atoms with Gasteiger partial charge in [0.1, 0.15) is 13.1 Å². The largest absolute Gasteiger partial charge is 0.406 e. The van der Waals surface area contributed by atoms with Crippen molar-refractivity contribution in [3.63, 3.8) is 0 Å². The van der Waals surface area contributed by atoms with Gasteiger partial charge in [-0.3, -0.25) is 14.5 Å². The summed E-state index contributed by atoms with van der Waals surface area (Å²) in [5.74, 6) is -0.836. The first kappa shape index (κ1) is 18.7. The zero-order valence-electron chi connectivity index (χ0n) is 13.9. The molecule has 0 bridgehead atoms. The van der Waals surface area contributed by atoms with Crippen LogP contribution in [0.5, 0.6) is 0 Å². The van der Waals surface area contributed by atoms with Crippen LogP contribution in [0.15, 0.2) is 17.5 Å². The first-order valence-electron chi connectivity index (χ1n) is 8.22. The van der Waals surface area contributed by atoms with Gasteiger partial charge in [0.05, 0.1) is 6.42 Å². The molecule has 0 saturated carbocycles. The summed E-state index contributed by atoms with van der Waals surface area (Å²) in [5.41, 5.74) is 0. The molecule has 10 heteroatoms. The van der Waals surface area contributed by atoms with Crippen molar-refractivity contribution >= 4 is 29.2 Å². The number of halogens is 3. The third-order valence-corrected chi connectivity index (χ3v) is 5.46. The van der Waals surface area contributed by atoms with E-state index >= 15 is 0 Å². The molecule has 0 aliphatic carbocycles. The molecule has 6 nitrogen and oxygen atoms in total. The maximum atomic E-state index is 12.5. The molecule has 142 valence electrons. The quantitative estimate of drug-likeness (QED) is 0.741. The third kappa shape index (κ3) is 4.17. The average Bonchev–Trinajstić information content (AvgIpc) is 3.17. The Morgan fingerprint density at radius 1 is 1.23 bits per heavy atom. The van der Waals surface area contributed by atoms with Crippen molar-refractivity contribution in [2.45, 2.75) is 31.5 Å². The van der Waals surface area contributed by atoms with Gasteiger partial charge in [-0.1, -0.05) is 6.07 Å². The number of hydrogen-bond acceptors (Lipinski definition) is 4. The summed E-state index contributed by atoms with van der Waals surface area (Å²) in [5, 5.41) is 1.90. The highest BCUT2D eigenvalue weighted by atomic mass is 32.1. The van der Waals surface area contributed by atoms with Gasteiger partial charge in [0.2, 0.25) is 5.91 Å². The van der Waals surface area contributed by atoms with E-state index in [0.29, 0.717) is 32.4 Å². The topological polar surface area (TPSA) is 60.9 Å². The number of thiophene rings is 1. The Morgan fingerprint density at radius 3 is 2.50 bits per heavy atom. The van der Waals surface area contributed by atoms with Crippen LogP contribution >= 0.6 is 11.3 Å². The molecule has 0 unspecified atom stereocenters. The molecule has 2 aliphatic heterocycles. The first-order valence-corrected chi connectivity index (χ1v) is 9.10. The monoisotopic (exact) mass is 389 g/mol. The minimum Gasteiger partial charge on any atom is -0.342 e. The number of carbonyl (C=O) groups is 3. The number of imide groups is 1. The molecular formula is C16H18F3N3O3S. The minimum absolute atomic E-state index is 0.00609. The number of amides is 4. The molecule has 0 radical (unpaired) electrons. The van der Waals surface area contributed by atoms with E-state index in [1.54, 1.807) is 4.90 Å². The van der Waals surface area contributed by atoms with Crippen LogP contribution in [0, 0.1) is 0 Å². The van der Waals surface area contributed by atoms with E-state index < -0.39 is 24.7 Å². The second-order valence-corrected chi connectivity index (χ2v) is 7.41. The highest BCUT2D eigenvalue weighted by Crippen LogP contribution is 2.25. The lowest BCUT2D eigenvalue weighted by Gasteiger charge is -2.36. The van der Waals surface area contributed by atoms with Crippen LogP contribution in [-0.4, -0.2) is 70.9 Å². The molecule has 3 rings (SSSR count). The maximum absolute atomic E-state index is 12.5. The van der Waals surface area contributed by atoms with Gasteiger partial charge in [0.25, 0.3) is 5.91 Å². The molecule has 0 aromatic carbocycles. The van der Waals surface area contributed by atoms with Crippen molar-refractivity contribution < 1.29 is 27.6 Å². The Bertz CT molecular complexity index is 685. The van der Waals surface area contributed by atoms with Crippen LogP contribution in [0.3, 0.4) is 0 Å². The maximum Gasteiger partial charge on any atom is 0.406 e. The van der Waals surface area contributed by atoms with Gasteiger partial charge in [-0.05, 0) is 24.3 Å². The van der Waals surface area contributed by atoms with E-state index in [1.165, 1.54) is 16.2 Å². The Labute approximate surface area is 152 Å². The highest BCUT2D eigenvalue weighted by molar-refractivity contribution is 7.10. The molecule has 0 N–H and O–H groups in total. The van der Waals surface area contributed by atoms with Gasteiger partial charge in [-0.25, -0.2) is 4.79 Å². The van der Waals surface area contributed by atoms with Crippen LogP contribution in [0.4, 0.5) is 18.0 Å². The third-order valence-electron chi connectivity index (χ3n) is 4.58. The standard InChI is InChI=1S/C16H18F3N3O3S/c17-16(18,19)10-22-14(24)9-21(15(22)25)11-3-5-20(6-4-11)13(23)8-12-2-1-7-26-12/h1-2,7,11H,3-6,8-10H2. The molecule has 0 spiro atoms.